The number of rotatable bonds is 4. The molecule has 1 fully saturated rings. The second kappa shape index (κ2) is 7.64. The van der Waals surface area contributed by atoms with E-state index in [4.69, 9.17) is 23.8 Å². The number of nitrogens with zero attached hydrogens (tertiary/aromatic N) is 1. The maximum Gasteiger partial charge on any atom is 0.265 e. The van der Waals surface area contributed by atoms with Gasteiger partial charge in [0.25, 0.3) is 11.8 Å². The van der Waals surface area contributed by atoms with E-state index in [9.17, 15) is 9.59 Å². The van der Waals surface area contributed by atoms with Crippen molar-refractivity contribution in [1.82, 2.24) is 10.2 Å². The van der Waals surface area contributed by atoms with Gasteiger partial charge in [-0.1, -0.05) is 48.0 Å². The smallest absolute Gasteiger partial charge is 0.265 e. The molecule has 0 bridgehead atoms. The minimum atomic E-state index is -0.506. The van der Waals surface area contributed by atoms with Crippen molar-refractivity contribution in [3.63, 3.8) is 0 Å². The van der Waals surface area contributed by atoms with Gasteiger partial charge in [-0.15, -0.1) is 6.58 Å². The maximum atomic E-state index is 12.6. The van der Waals surface area contributed by atoms with Gasteiger partial charge in [0.05, 0.1) is 0 Å². The van der Waals surface area contributed by atoms with E-state index in [1.165, 1.54) is 4.90 Å². The number of amides is 2. The molecule has 1 heterocycles. The van der Waals surface area contributed by atoms with Crippen LogP contribution in [0.1, 0.15) is 5.56 Å². The van der Waals surface area contributed by atoms with Crippen LogP contribution in [0.4, 0.5) is 0 Å². The molecule has 3 rings (SSSR count). The van der Waals surface area contributed by atoms with Crippen LogP contribution >= 0.6 is 23.8 Å². The first kappa shape index (κ1) is 18.0. The molecular weight excluding hydrogens is 368 g/mol. The fourth-order valence-electron chi connectivity index (χ4n) is 2.63. The molecule has 130 valence electrons. The van der Waals surface area contributed by atoms with Gasteiger partial charge in [0.15, 0.2) is 5.11 Å². The largest absolute Gasteiger partial charge is 0.298 e. The van der Waals surface area contributed by atoms with Gasteiger partial charge in [-0.3, -0.25) is 19.8 Å². The standard InChI is InChI=1S/C20H15ClN2O2S/c1-2-9-23-19(25)17(18(24)22-20(23)26)11-13-5-3-6-14(10-13)15-7-4-8-16(21)12-15/h2-8,10-12H,1,9H2,(H,22,24,26)/b17-11+. The molecule has 1 N–H and O–H groups in total. The van der Waals surface area contributed by atoms with E-state index in [0.717, 1.165) is 16.7 Å². The van der Waals surface area contributed by atoms with Gasteiger partial charge in [-0.05, 0) is 53.2 Å². The summed E-state index contributed by atoms with van der Waals surface area (Å²) in [5.41, 5.74) is 2.65. The lowest BCUT2D eigenvalue weighted by atomic mass is 10.0. The molecule has 2 aromatic rings. The van der Waals surface area contributed by atoms with Crippen LogP contribution in [0.2, 0.25) is 5.02 Å². The second-order valence-electron chi connectivity index (χ2n) is 5.66. The Bertz CT molecular complexity index is 952. The number of hydrogen-bond donors (Lipinski definition) is 1. The molecule has 0 radical (unpaired) electrons. The highest BCUT2D eigenvalue weighted by molar-refractivity contribution is 7.80. The van der Waals surface area contributed by atoms with Crippen molar-refractivity contribution >= 4 is 46.8 Å². The van der Waals surface area contributed by atoms with Gasteiger partial charge in [0.2, 0.25) is 0 Å². The molecule has 1 aliphatic rings. The average molecular weight is 383 g/mol. The van der Waals surface area contributed by atoms with Gasteiger partial charge in [0.1, 0.15) is 5.57 Å². The Balaban J connectivity index is 1.97. The summed E-state index contributed by atoms with van der Waals surface area (Å²) >= 11 is 11.1. The third-order valence-electron chi connectivity index (χ3n) is 3.85. The van der Waals surface area contributed by atoms with Crippen molar-refractivity contribution in [3.8, 4) is 11.1 Å². The number of thiocarbonyl (C=S) groups is 1. The van der Waals surface area contributed by atoms with Crippen molar-refractivity contribution < 1.29 is 9.59 Å². The highest BCUT2D eigenvalue weighted by Crippen LogP contribution is 2.25. The Hall–Kier alpha value is -2.76. The molecule has 2 amide bonds. The van der Waals surface area contributed by atoms with Crippen LogP contribution in [0.5, 0.6) is 0 Å². The van der Waals surface area contributed by atoms with Crippen molar-refractivity contribution in [2.24, 2.45) is 0 Å². The molecule has 0 atom stereocenters. The number of halogens is 1. The summed E-state index contributed by atoms with van der Waals surface area (Å²) in [6.07, 6.45) is 3.11. The maximum absolute atomic E-state index is 12.6. The molecule has 0 spiro atoms. The van der Waals surface area contributed by atoms with Crippen LogP contribution in [-0.4, -0.2) is 28.4 Å². The minimum Gasteiger partial charge on any atom is -0.298 e. The summed E-state index contributed by atoms with van der Waals surface area (Å²) in [6, 6.07) is 15.0. The third-order valence-corrected chi connectivity index (χ3v) is 4.41. The van der Waals surface area contributed by atoms with Crippen molar-refractivity contribution in [1.29, 1.82) is 0 Å². The molecule has 4 nitrogen and oxygen atoms in total. The second-order valence-corrected chi connectivity index (χ2v) is 6.48. The predicted molar refractivity (Wildman–Crippen MR) is 108 cm³/mol. The van der Waals surface area contributed by atoms with Crippen molar-refractivity contribution in [2.45, 2.75) is 0 Å². The first-order chi connectivity index (χ1) is 12.5. The third kappa shape index (κ3) is 3.74. The number of nitrogens with one attached hydrogen (secondary N) is 1. The van der Waals surface area contributed by atoms with E-state index in [2.05, 4.69) is 11.9 Å². The molecule has 2 aromatic carbocycles. The fourth-order valence-corrected chi connectivity index (χ4v) is 3.07. The molecule has 0 unspecified atom stereocenters. The highest BCUT2D eigenvalue weighted by atomic mass is 35.5. The topological polar surface area (TPSA) is 49.4 Å². The number of benzene rings is 2. The lowest BCUT2D eigenvalue weighted by Crippen LogP contribution is -2.53. The van der Waals surface area contributed by atoms with E-state index in [1.54, 1.807) is 18.2 Å². The zero-order valence-corrected chi connectivity index (χ0v) is 15.3. The summed E-state index contributed by atoms with van der Waals surface area (Å²) in [7, 11) is 0. The Morgan fingerprint density at radius 2 is 1.81 bits per heavy atom. The average Bonchev–Trinajstić information content (AvgIpc) is 2.62. The van der Waals surface area contributed by atoms with Crippen LogP contribution < -0.4 is 5.32 Å². The van der Waals surface area contributed by atoms with Gasteiger partial charge in [0, 0.05) is 11.6 Å². The molecular formula is C20H15ClN2O2S. The quantitative estimate of drug-likeness (QED) is 0.378. The SMILES string of the molecule is C=CCN1C(=O)/C(=C/c2cccc(-c3cccc(Cl)c3)c2)C(=O)NC1=S. The van der Waals surface area contributed by atoms with Gasteiger partial charge >= 0.3 is 0 Å². The summed E-state index contributed by atoms with van der Waals surface area (Å²) < 4.78 is 0. The Morgan fingerprint density at radius 1 is 1.12 bits per heavy atom. The van der Waals surface area contributed by atoms with E-state index in [0.29, 0.717) is 5.02 Å². The molecule has 0 aliphatic carbocycles. The summed E-state index contributed by atoms with van der Waals surface area (Å²) in [5, 5.41) is 3.26. The molecule has 6 heteroatoms. The first-order valence-corrected chi connectivity index (χ1v) is 8.64. The van der Waals surface area contributed by atoms with Crippen LogP contribution in [0.15, 0.2) is 66.8 Å². The van der Waals surface area contributed by atoms with E-state index >= 15 is 0 Å². The zero-order valence-electron chi connectivity index (χ0n) is 13.7. The highest BCUT2D eigenvalue weighted by Gasteiger charge is 2.32. The van der Waals surface area contributed by atoms with Crippen LogP contribution in [0.3, 0.4) is 0 Å². The zero-order chi connectivity index (χ0) is 18.7. The number of carbonyl (C=O) groups is 2. The summed E-state index contributed by atoms with van der Waals surface area (Å²) in [4.78, 5) is 26.1. The lowest BCUT2D eigenvalue weighted by Gasteiger charge is -2.27. The number of hydrogen-bond acceptors (Lipinski definition) is 3. The lowest BCUT2D eigenvalue weighted by molar-refractivity contribution is -0.128. The Morgan fingerprint density at radius 3 is 2.50 bits per heavy atom. The molecule has 26 heavy (non-hydrogen) atoms. The monoisotopic (exact) mass is 382 g/mol. The fraction of sp³-hybridized carbons (Fsp3) is 0.0500. The molecule has 0 aromatic heterocycles. The molecule has 0 saturated carbocycles. The van der Waals surface area contributed by atoms with E-state index in [-0.39, 0.29) is 17.2 Å². The van der Waals surface area contributed by atoms with Gasteiger partial charge in [-0.25, -0.2) is 0 Å². The summed E-state index contributed by atoms with van der Waals surface area (Å²) in [6.45, 7) is 3.84. The van der Waals surface area contributed by atoms with Gasteiger partial charge < -0.3 is 0 Å². The van der Waals surface area contributed by atoms with Crippen LogP contribution in [-0.2, 0) is 9.59 Å². The van der Waals surface area contributed by atoms with E-state index < -0.39 is 11.8 Å². The predicted octanol–water partition coefficient (Wildman–Crippen LogP) is 3.82. The molecule has 1 aliphatic heterocycles. The summed E-state index contributed by atoms with van der Waals surface area (Å²) in [5.74, 6) is -0.944. The normalized spacial score (nSPS) is 16.0. The van der Waals surface area contributed by atoms with Crippen molar-refractivity contribution in [3.05, 3.63) is 77.3 Å². The van der Waals surface area contributed by atoms with Gasteiger partial charge in [-0.2, -0.15) is 0 Å². The van der Waals surface area contributed by atoms with E-state index in [1.807, 2.05) is 42.5 Å². The van der Waals surface area contributed by atoms with Crippen LogP contribution in [0.25, 0.3) is 17.2 Å². The Labute approximate surface area is 161 Å². The number of carbonyl (C=O) groups excluding carboxylic acids is 2. The molecule has 1 saturated heterocycles. The minimum absolute atomic E-state index is 0.0312. The first-order valence-electron chi connectivity index (χ1n) is 7.85. The van der Waals surface area contributed by atoms with Crippen molar-refractivity contribution in [2.75, 3.05) is 6.54 Å². The Kier molecular flexibility index (Phi) is 5.30. The van der Waals surface area contributed by atoms with Crippen LogP contribution in [0, 0.1) is 0 Å².